The van der Waals surface area contributed by atoms with Gasteiger partial charge in [-0.25, -0.2) is 13.1 Å². The molecule has 2 fully saturated rings. The Labute approximate surface area is 193 Å². The fraction of sp³-hybridized carbons (Fsp3) is 0.409. The molecule has 2 aliphatic rings. The number of likely N-dealkylation sites (tertiary alicyclic amines) is 1. The van der Waals surface area contributed by atoms with Crippen molar-refractivity contribution in [2.45, 2.75) is 49.2 Å². The van der Waals surface area contributed by atoms with Gasteiger partial charge in [-0.15, -0.1) is 0 Å². The standard InChI is InChI=1S/C22H25Cl2N3O3S/c23-19-13-20(24)21(31(29,30)26-17-6-7-17)12-18(19)22(28)25-16-8-10-27(11-9-16)14-15-4-2-1-3-5-15/h1-5,12-13,16-17,26H,6-11,14H2,(H,25,28). The number of carbonyl (C=O) groups excluding carboxylic acids is 1. The van der Waals surface area contributed by atoms with Gasteiger partial charge in [0.25, 0.3) is 5.91 Å². The molecule has 2 aromatic carbocycles. The zero-order chi connectivity index (χ0) is 22.0. The first-order valence-corrected chi connectivity index (χ1v) is 12.6. The van der Waals surface area contributed by atoms with Crippen molar-refractivity contribution in [3.63, 3.8) is 0 Å². The second-order valence-corrected chi connectivity index (χ2v) is 10.7. The summed E-state index contributed by atoms with van der Waals surface area (Å²) in [5, 5.41) is 3.14. The van der Waals surface area contributed by atoms with Crippen LogP contribution in [0.5, 0.6) is 0 Å². The van der Waals surface area contributed by atoms with E-state index in [0.29, 0.717) is 0 Å². The van der Waals surface area contributed by atoms with Gasteiger partial charge in [0.1, 0.15) is 4.90 Å². The highest BCUT2D eigenvalue weighted by atomic mass is 35.5. The Hall–Kier alpha value is -1.64. The Bertz CT molecular complexity index is 1050. The predicted octanol–water partition coefficient (Wildman–Crippen LogP) is 3.83. The molecule has 4 rings (SSSR count). The van der Waals surface area contributed by atoms with E-state index in [1.54, 1.807) is 0 Å². The molecule has 31 heavy (non-hydrogen) atoms. The zero-order valence-corrected chi connectivity index (χ0v) is 19.3. The highest BCUT2D eigenvalue weighted by molar-refractivity contribution is 7.89. The molecule has 9 heteroatoms. The molecule has 0 bridgehead atoms. The van der Waals surface area contributed by atoms with Gasteiger partial charge in [0, 0.05) is 31.7 Å². The molecule has 0 spiro atoms. The monoisotopic (exact) mass is 481 g/mol. The van der Waals surface area contributed by atoms with E-state index in [4.69, 9.17) is 23.2 Å². The van der Waals surface area contributed by atoms with Crippen molar-refractivity contribution < 1.29 is 13.2 Å². The van der Waals surface area contributed by atoms with E-state index in [1.165, 1.54) is 17.7 Å². The number of benzene rings is 2. The number of hydrogen-bond donors (Lipinski definition) is 2. The molecule has 0 radical (unpaired) electrons. The predicted molar refractivity (Wildman–Crippen MR) is 122 cm³/mol. The lowest BCUT2D eigenvalue weighted by Gasteiger charge is -2.32. The lowest BCUT2D eigenvalue weighted by atomic mass is 10.0. The maximum atomic E-state index is 12.9. The second-order valence-electron chi connectivity index (χ2n) is 8.17. The average Bonchev–Trinajstić information content (AvgIpc) is 3.53. The number of amides is 1. The van der Waals surface area contributed by atoms with Gasteiger partial charge in [-0.1, -0.05) is 53.5 Å². The van der Waals surface area contributed by atoms with Crippen molar-refractivity contribution in [2.75, 3.05) is 13.1 Å². The van der Waals surface area contributed by atoms with Crippen molar-refractivity contribution in [2.24, 2.45) is 0 Å². The van der Waals surface area contributed by atoms with Crippen molar-refractivity contribution in [1.82, 2.24) is 14.9 Å². The molecule has 1 aliphatic heterocycles. The van der Waals surface area contributed by atoms with Gasteiger partial charge in [0.05, 0.1) is 15.6 Å². The van der Waals surface area contributed by atoms with Crippen LogP contribution in [0.4, 0.5) is 0 Å². The molecule has 1 aliphatic carbocycles. The van der Waals surface area contributed by atoms with Gasteiger partial charge in [-0.05, 0) is 43.4 Å². The van der Waals surface area contributed by atoms with Gasteiger partial charge in [0.2, 0.25) is 10.0 Å². The van der Waals surface area contributed by atoms with E-state index in [1.807, 2.05) is 18.2 Å². The Kier molecular flexibility index (Phi) is 6.89. The number of nitrogens with one attached hydrogen (secondary N) is 2. The summed E-state index contributed by atoms with van der Waals surface area (Å²) in [4.78, 5) is 15.1. The molecule has 1 saturated heterocycles. The summed E-state index contributed by atoms with van der Waals surface area (Å²) in [7, 11) is -3.80. The normalized spacial score (nSPS) is 18.1. The number of halogens is 2. The molecule has 0 unspecified atom stereocenters. The Morgan fingerprint density at radius 1 is 0.968 bits per heavy atom. The van der Waals surface area contributed by atoms with Crippen LogP contribution in [-0.4, -0.2) is 44.4 Å². The number of sulfonamides is 1. The molecule has 1 heterocycles. The Balaban J connectivity index is 1.39. The third-order valence-corrected chi connectivity index (χ3v) is 7.92. The minimum atomic E-state index is -3.80. The summed E-state index contributed by atoms with van der Waals surface area (Å²) in [5.41, 5.74) is 1.39. The Morgan fingerprint density at radius 2 is 1.65 bits per heavy atom. The van der Waals surface area contributed by atoms with Crippen LogP contribution in [0, 0.1) is 0 Å². The third kappa shape index (κ3) is 5.79. The van der Waals surface area contributed by atoms with E-state index in [-0.39, 0.29) is 38.5 Å². The molecule has 2 aromatic rings. The molecule has 0 atom stereocenters. The van der Waals surface area contributed by atoms with Crippen LogP contribution in [0.2, 0.25) is 10.0 Å². The number of hydrogen-bond acceptors (Lipinski definition) is 4. The first-order valence-electron chi connectivity index (χ1n) is 10.4. The zero-order valence-electron chi connectivity index (χ0n) is 17.0. The average molecular weight is 482 g/mol. The van der Waals surface area contributed by atoms with E-state index >= 15 is 0 Å². The minimum Gasteiger partial charge on any atom is -0.349 e. The molecule has 1 saturated carbocycles. The topological polar surface area (TPSA) is 78.5 Å². The van der Waals surface area contributed by atoms with Crippen LogP contribution in [0.3, 0.4) is 0 Å². The van der Waals surface area contributed by atoms with Crippen LogP contribution in [0.1, 0.15) is 41.6 Å². The fourth-order valence-electron chi connectivity index (χ4n) is 3.73. The summed E-state index contributed by atoms with van der Waals surface area (Å²) >= 11 is 12.4. The summed E-state index contributed by atoms with van der Waals surface area (Å²) in [6.07, 6.45) is 3.25. The quantitative estimate of drug-likeness (QED) is 0.629. The molecule has 6 nitrogen and oxygen atoms in total. The van der Waals surface area contributed by atoms with Crippen LogP contribution in [0.15, 0.2) is 47.4 Å². The van der Waals surface area contributed by atoms with Gasteiger partial charge >= 0.3 is 0 Å². The minimum absolute atomic E-state index is 0.00363. The van der Waals surface area contributed by atoms with Crippen LogP contribution in [0.25, 0.3) is 0 Å². The largest absolute Gasteiger partial charge is 0.349 e. The molecule has 2 N–H and O–H groups in total. The number of rotatable bonds is 7. The first kappa shape index (κ1) is 22.6. The van der Waals surface area contributed by atoms with Crippen LogP contribution >= 0.6 is 23.2 Å². The number of piperidine rings is 1. The SMILES string of the molecule is O=C(NC1CCN(Cc2ccccc2)CC1)c1cc(S(=O)(=O)NC2CC2)c(Cl)cc1Cl. The molecule has 1 amide bonds. The van der Waals surface area contributed by atoms with Crippen molar-refractivity contribution in [3.05, 3.63) is 63.6 Å². The van der Waals surface area contributed by atoms with Crippen LogP contribution < -0.4 is 10.0 Å². The lowest BCUT2D eigenvalue weighted by Crippen LogP contribution is -2.44. The molecular formula is C22H25Cl2N3O3S. The van der Waals surface area contributed by atoms with Gasteiger partial charge in [-0.3, -0.25) is 9.69 Å². The maximum Gasteiger partial charge on any atom is 0.253 e. The molecule has 0 aromatic heterocycles. The van der Waals surface area contributed by atoms with Gasteiger partial charge in [0.15, 0.2) is 0 Å². The Morgan fingerprint density at radius 3 is 2.29 bits per heavy atom. The molecule has 166 valence electrons. The lowest BCUT2D eigenvalue weighted by molar-refractivity contribution is 0.0909. The summed E-state index contributed by atoms with van der Waals surface area (Å²) in [6.45, 7) is 2.64. The summed E-state index contributed by atoms with van der Waals surface area (Å²) < 4.78 is 27.8. The highest BCUT2D eigenvalue weighted by Crippen LogP contribution is 2.31. The van der Waals surface area contributed by atoms with E-state index in [2.05, 4.69) is 27.1 Å². The smallest absolute Gasteiger partial charge is 0.253 e. The van der Waals surface area contributed by atoms with Gasteiger partial charge in [-0.2, -0.15) is 0 Å². The maximum absolute atomic E-state index is 12.9. The van der Waals surface area contributed by atoms with E-state index in [9.17, 15) is 13.2 Å². The van der Waals surface area contributed by atoms with Crippen molar-refractivity contribution in [1.29, 1.82) is 0 Å². The number of nitrogens with zero attached hydrogens (tertiary/aromatic N) is 1. The summed E-state index contributed by atoms with van der Waals surface area (Å²) in [5.74, 6) is -0.383. The second kappa shape index (κ2) is 9.46. The van der Waals surface area contributed by atoms with Crippen LogP contribution in [-0.2, 0) is 16.6 Å². The van der Waals surface area contributed by atoms with Gasteiger partial charge < -0.3 is 5.32 Å². The fourth-order valence-corrected chi connectivity index (χ4v) is 5.90. The third-order valence-electron chi connectivity index (χ3n) is 5.63. The molecular weight excluding hydrogens is 457 g/mol. The summed E-state index contributed by atoms with van der Waals surface area (Å²) in [6, 6.07) is 12.8. The highest BCUT2D eigenvalue weighted by Gasteiger charge is 2.31. The number of carbonyl (C=O) groups is 1. The van der Waals surface area contributed by atoms with Crippen molar-refractivity contribution >= 4 is 39.1 Å². The van der Waals surface area contributed by atoms with Crippen molar-refractivity contribution in [3.8, 4) is 0 Å². The first-order chi connectivity index (χ1) is 14.8. The van der Waals surface area contributed by atoms with E-state index < -0.39 is 10.0 Å². The van der Waals surface area contributed by atoms with E-state index in [0.717, 1.165) is 45.3 Å².